The highest BCUT2D eigenvalue weighted by Crippen LogP contribution is 2.38. The summed E-state index contributed by atoms with van der Waals surface area (Å²) in [5.74, 6) is -3.95. The van der Waals surface area contributed by atoms with E-state index in [9.17, 15) is 39.9 Å². The minimum Gasteiger partial charge on any atom is -0.338 e. The van der Waals surface area contributed by atoms with Crippen molar-refractivity contribution >= 4 is 12.0 Å². The van der Waals surface area contributed by atoms with Gasteiger partial charge in [0.1, 0.15) is 5.82 Å². The molecule has 12 heteroatoms. The Morgan fingerprint density at radius 2 is 1.59 bits per heavy atom. The summed E-state index contributed by atoms with van der Waals surface area (Å²) in [6.07, 6.45) is -6.85. The Morgan fingerprint density at radius 3 is 2.07 bits per heavy atom. The second-order valence-electron chi connectivity index (χ2n) is 6.37. The van der Waals surface area contributed by atoms with Crippen molar-refractivity contribution in [1.82, 2.24) is 14.9 Å². The first kappa shape index (κ1) is 20.8. The first-order chi connectivity index (χ1) is 13.2. The molecule has 1 aromatic heterocycles. The van der Waals surface area contributed by atoms with Crippen LogP contribution in [0.3, 0.4) is 0 Å². The van der Waals surface area contributed by atoms with Crippen molar-refractivity contribution in [3.63, 3.8) is 0 Å². The van der Waals surface area contributed by atoms with Crippen LogP contribution in [-0.4, -0.2) is 39.8 Å². The van der Waals surface area contributed by atoms with E-state index in [-0.39, 0.29) is 17.6 Å². The summed E-state index contributed by atoms with van der Waals surface area (Å²) < 4.78 is 103. The first-order valence-corrected chi connectivity index (χ1v) is 7.94. The maximum atomic E-state index is 12.9. The van der Waals surface area contributed by atoms with Crippen LogP contribution in [0.1, 0.15) is 16.8 Å². The largest absolute Gasteiger partial charge is 0.416 e. The summed E-state index contributed by atoms with van der Waals surface area (Å²) in [4.78, 5) is 18.8. The molecule has 1 aromatic carbocycles. The van der Waals surface area contributed by atoms with Crippen LogP contribution in [0.25, 0.3) is 17.5 Å². The fourth-order valence-electron chi connectivity index (χ4n) is 2.59. The first-order valence-electron chi connectivity index (χ1n) is 7.94. The van der Waals surface area contributed by atoms with Gasteiger partial charge < -0.3 is 9.88 Å². The van der Waals surface area contributed by atoms with Gasteiger partial charge >= 0.3 is 12.4 Å². The SMILES string of the molecule is O=C(C=Cc1cnc(-c2cc(C(F)(F)F)cc(C(F)(F)F)c2)[nH]1)N1CC(F)(F)C1. The van der Waals surface area contributed by atoms with Crippen LogP contribution in [0.2, 0.25) is 0 Å². The van der Waals surface area contributed by atoms with E-state index in [1.54, 1.807) is 0 Å². The number of amides is 1. The summed E-state index contributed by atoms with van der Waals surface area (Å²) >= 11 is 0. The minimum absolute atomic E-state index is 0.00520. The van der Waals surface area contributed by atoms with Gasteiger partial charge in [-0.1, -0.05) is 0 Å². The standard InChI is InChI=1S/C17H11F8N3O/c18-15(19)7-28(8-15)13(29)2-1-12-6-26-14(27-12)9-3-10(16(20,21)22)5-11(4-9)17(23,24)25/h1-6H,7-8H2,(H,26,27). The molecule has 3 rings (SSSR count). The van der Waals surface area contributed by atoms with Gasteiger partial charge in [-0.25, -0.2) is 13.8 Å². The molecule has 0 unspecified atom stereocenters. The highest BCUT2D eigenvalue weighted by molar-refractivity contribution is 5.92. The van der Waals surface area contributed by atoms with Gasteiger partial charge in [-0.3, -0.25) is 4.79 Å². The molecule has 0 spiro atoms. The summed E-state index contributed by atoms with van der Waals surface area (Å²) in [7, 11) is 0. The Morgan fingerprint density at radius 1 is 1.03 bits per heavy atom. The molecule has 0 atom stereocenters. The van der Waals surface area contributed by atoms with E-state index in [4.69, 9.17) is 0 Å². The molecule has 1 fully saturated rings. The monoisotopic (exact) mass is 425 g/mol. The molecule has 1 aliphatic rings. The number of nitrogens with one attached hydrogen (secondary N) is 1. The van der Waals surface area contributed by atoms with Crippen molar-refractivity contribution in [1.29, 1.82) is 0 Å². The summed E-state index contributed by atoms with van der Waals surface area (Å²) in [5.41, 5.74) is -3.36. The summed E-state index contributed by atoms with van der Waals surface area (Å²) in [5, 5.41) is 0. The molecule has 0 radical (unpaired) electrons. The lowest BCUT2D eigenvalue weighted by Crippen LogP contribution is -2.57. The number of H-pyrrole nitrogens is 1. The summed E-state index contributed by atoms with van der Waals surface area (Å²) in [6, 6.07) is 1.01. The average molecular weight is 425 g/mol. The number of carbonyl (C=O) groups excluding carboxylic acids is 1. The highest BCUT2D eigenvalue weighted by atomic mass is 19.4. The summed E-state index contributed by atoms with van der Waals surface area (Å²) in [6.45, 7) is -1.45. The highest BCUT2D eigenvalue weighted by Gasteiger charge is 2.45. The fourth-order valence-corrected chi connectivity index (χ4v) is 2.59. The van der Waals surface area contributed by atoms with Crippen LogP contribution in [0.5, 0.6) is 0 Å². The molecule has 4 nitrogen and oxygen atoms in total. The number of carbonyl (C=O) groups is 1. The predicted octanol–water partition coefficient (Wildman–Crippen LogP) is 4.61. The van der Waals surface area contributed by atoms with Crippen molar-refractivity contribution in [2.45, 2.75) is 18.3 Å². The third-order valence-corrected chi connectivity index (χ3v) is 4.02. The maximum Gasteiger partial charge on any atom is 0.416 e. The number of halogens is 8. The van der Waals surface area contributed by atoms with E-state index in [0.717, 1.165) is 23.2 Å². The number of likely N-dealkylation sites (tertiary alicyclic amines) is 1. The maximum absolute atomic E-state index is 12.9. The van der Waals surface area contributed by atoms with Crippen LogP contribution in [0.15, 0.2) is 30.5 Å². The molecule has 2 aromatic rings. The number of hydrogen-bond donors (Lipinski definition) is 1. The molecule has 1 amide bonds. The van der Waals surface area contributed by atoms with Crippen LogP contribution in [-0.2, 0) is 17.1 Å². The van der Waals surface area contributed by atoms with Crippen LogP contribution in [0, 0.1) is 0 Å². The molecule has 0 aliphatic carbocycles. The molecule has 29 heavy (non-hydrogen) atoms. The van der Waals surface area contributed by atoms with Crippen LogP contribution in [0.4, 0.5) is 35.1 Å². The van der Waals surface area contributed by atoms with Gasteiger partial charge in [0.15, 0.2) is 0 Å². The molecule has 1 saturated heterocycles. The van der Waals surface area contributed by atoms with Crippen molar-refractivity contribution < 1.29 is 39.9 Å². The minimum atomic E-state index is -5.00. The Bertz CT molecular complexity index is 918. The molecule has 156 valence electrons. The van der Waals surface area contributed by atoms with E-state index in [1.165, 1.54) is 0 Å². The zero-order valence-corrected chi connectivity index (χ0v) is 14.2. The van der Waals surface area contributed by atoms with E-state index in [1.807, 2.05) is 0 Å². The average Bonchev–Trinajstić information content (AvgIpc) is 3.04. The van der Waals surface area contributed by atoms with E-state index >= 15 is 0 Å². The molecule has 1 aliphatic heterocycles. The smallest absolute Gasteiger partial charge is 0.338 e. The lowest BCUT2D eigenvalue weighted by molar-refractivity contribution is -0.160. The predicted molar refractivity (Wildman–Crippen MR) is 84.6 cm³/mol. The zero-order chi connectivity index (χ0) is 21.6. The fraction of sp³-hybridized carbons (Fsp3) is 0.294. The van der Waals surface area contributed by atoms with Gasteiger partial charge in [-0.2, -0.15) is 26.3 Å². The normalized spacial score (nSPS) is 16.9. The molecular formula is C17H11F8N3O. The molecule has 1 N–H and O–H groups in total. The van der Waals surface area contributed by atoms with Crippen LogP contribution >= 0.6 is 0 Å². The van der Waals surface area contributed by atoms with Gasteiger partial charge in [-0.05, 0) is 24.3 Å². The van der Waals surface area contributed by atoms with Crippen molar-refractivity contribution in [3.05, 3.63) is 47.3 Å². The third-order valence-electron chi connectivity index (χ3n) is 4.02. The topological polar surface area (TPSA) is 49.0 Å². The second-order valence-corrected chi connectivity index (χ2v) is 6.37. The number of hydrogen-bond acceptors (Lipinski definition) is 2. The quantitative estimate of drug-likeness (QED) is 0.577. The lowest BCUT2D eigenvalue weighted by atomic mass is 10.0. The molecular weight excluding hydrogens is 414 g/mol. The van der Waals surface area contributed by atoms with E-state index in [2.05, 4.69) is 9.97 Å². The van der Waals surface area contributed by atoms with Gasteiger partial charge in [0, 0.05) is 11.6 Å². The number of imidazole rings is 1. The van der Waals surface area contributed by atoms with E-state index < -0.39 is 54.0 Å². The van der Waals surface area contributed by atoms with E-state index in [0.29, 0.717) is 12.1 Å². The molecule has 2 heterocycles. The van der Waals surface area contributed by atoms with Gasteiger partial charge in [0.25, 0.3) is 5.92 Å². The lowest BCUT2D eigenvalue weighted by Gasteiger charge is -2.37. The Balaban J connectivity index is 1.84. The van der Waals surface area contributed by atoms with Crippen molar-refractivity contribution in [2.75, 3.05) is 13.1 Å². The Kier molecular flexibility index (Phi) is 4.91. The van der Waals surface area contributed by atoms with Gasteiger partial charge in [-0.15, -0.1) is 0 Å². The number of aromatic nitrogens is 2. The third kappa shape index (κ3) is 4.74. The second kappa shape index (κ2) is 6.85. The number of nitrogens with zero attached hydrogens (tertiary/aromatic N) is 2. The van der Waals surface area contributed by atoms with Crippen molar-refractivity contribution in [2.24, 2.45) is 0 Å². The van der Waals surface area contributed by atoms with Crippen LogP contribution < -0.4 is 0 Å². The Labute approximate surface area is 157 Å². The van der Waals surface area contributed by atoms with Crippen molar-refractivity contribution in [3.8, 4) is 11.4 Å². The van der Waals surface area contributed by atoms with Gasteiger partial charge in [0.2, 0.25) is 5.91 Å². The number of benzene rings is 1. The molecule has 0 bridgehead atoms. The molecule has 0 saturated carbocycles. The number of aromatic amines is 1. The number of alkyl halides is 8. The zero-order valence-electron chi connectivity index (χ0n) is 14.2. The Hall–Kier alpha value is -2.92. The number of rotatable bonds is 3. The van der Waals surface area contributed by atoms with Gasteiger partial charge in [0.05, 0.1) is 36.1 Å².